The zero-order valence-corrected chi connectivity index (χ0v) is 9.36. The lowest BCUT2D eigenvalue weighted by molar-refractivity contribution is 0.0597. The van der Waals surface area contributed by atoms with E-state index in [9.17, 15) is 9.90 Å². The third-order valence-electron chi connectivity index (χ3n) is 2.06. The number of phenolic OH excluding ortho intramolecular Hbond substituents is 1. The fourth-order valence-electron chi connectivity index (χ4n) is 1.24. The molecule has 1 aromatic rings. The maximum atomic E-state index is 11.3. The molecule has 0 aliphatic rings. The van der Waals surface area contributed by atoms with Crippen LogP contribution in [0.3, 0.4) is 0 Å². The molecule has 0 spiro atoms. The smallest absolute Gasteiger partial charge is 0.341 e. The molecule has 86 valence electrons. The number of aromatic hydroxyl groups is 1. The van der Waals surface area contributed by atoms with E-state index in [0.717, 1.165) is 12.1 Å². The SMILES string of the molecule is CNCC=Cc1ccc(O)c(C(=O)OC)c1. The van der Waals surface area contributed by atoms with Crippen LogP contribution in [0.4, 0.5) is 0 Å². The number of ether oxygens (including phenoxy) is 1. The Hall–Kier alpha value is -1.81. The Kier molecular flexibility index (Phi) is 4.54. The molecule has 4 heteroatoms. The van der Waals surface area contributed by atoms with Crippen molar-refractivity contribution < 1.29 is 14.6 Å². The second kappa shape index (κ2) is 5.92. The summed E-state index contributed by atoms with van der Waals surface area (Å²) >= 11 is 0. The van der Waals surface area contributed by atoms with Gasteiger partial charge < -0.3 is 15.2 Å². The van der Waals surface area contributed by atoms with Gasteiger partial charge in [-0.2, -0.15) is 0 Å². The minimum atomic E-state index is -0.540. The fraction of sp³-hybridized carbons (Fsp3) is 0.250. The van der Waals surface area contributed by atoms with Gasteiger partial charge in [-0.1, -0.05) is 18.2 Å². The van der Waals surface area contributed by atoms with Gasteiger partial charge in [-0.3, -0.25) is 0 Å². The van der Waals surface area contributed by atoms with E-state index in [0.29, 0.717) is 0 Å². The van der Waals surface area contributed by atoms with Crippen LogP contribution in [-0.2, 0) is 4.74 Å². The zero-order valence-electron chi connectivity index (χ0n) is 9.36. The molecule has 4 nitrogen and oxygen atoms in total. The van der Waals surface area contributed by atoms with Crippen LogP contribution in [0.2, 0.25) is 0 Å². The highest BCUT2D eigenvalue weighted by atomic mass is 16.5. The Balaban J connectivity index is 2.93. The quantitative estimate of drug-likeness (QED) is 0.755. The molecule has 0 radical (unpaired) electrons. The van der Waals surface area contributed by atoms with Gasteiger partial charge in [0.1, 0.15) is 11.3 Å². The molecular formula is C12H15NO3. The Morgan fingerprint density at radius 2 is 2.31 bits per heavy atom. The van der Waals surface area contributed by atoms with E-state index < -0.39 is 5.97 Å². The predicted octanol–water partition coefficient (Wildman–Crippen LogP) is 1.41. The highest BCUT2D eigenvalue weighted by Gasteiger charge is 2.10. The van der Waals surface area contributed by atoms with Crippen molar-refractivity contribution >= 4 is 12.0 Å². The second-order valence-electron chi connectivity index (χ2n) is 3.23. The predicted molar refractivity (Wildman–Crippen MR) is 62.4 cm³/mol. The van der Waals surface area contributed by atoms with E-state index in [4.69, 9.17) is 0 Å². The van der Waals surface area contributed by atoms with E-state index in [2.05, 4.69) is 10.1 Å². The van der Waals surface area contributed by atoms with Gasteiger partial charge in [-0.15, -0.1) is 0 Å². The normalized spacial score (nSPS) is 10.6. The summed E-state index contributed by atoms with van der Waals surface area (Å²) in [5.74, 6) is -0.612. The summed E-state index contributed by atoms with van der Waals surface area (Å²) in [6, 6.07) is 4.80. The molecule has 2 N–H and O–H groups in total. The van der Waals surface area contributed by atoms with Gasteiger partial charge in [0.15, 0.2) is 0 Å². The zero-order chi connectivity index (χ0) is 12.0. The van der Waals surface area contributed by atoms with Crippen molar-refractivity contribution in [2.75, 3.05) is 20.7 Å². The lowest BCUT2D eigenvalue weighted by Crippen LogP contribution is -2.04. The highest BCUT2D eigenvalue weighted by Crippen LogP contribution is 2.19. The van der Waals surface area contributed by atoms with E-state index >= 15 is 0 Å². The number of likely N-dealkylation sites (N-methyl/N-ethyl adjacent to an activating group) is 1. The van der Waals surface area contributed by atoms with E-state index in [1.54, 1.807) is 12.1 Å². The van der Waals surface area contributed by atoms with Gasteiger partial charge in [-0.25, -0.2) is 4.79 Å². The third-order valence-corrected chi connectivity index (χ3v) is 2.06. The van der Waals surface area contributed by atoms with Crippen LogP contribution in [0.15, 0.2) is 24.3 Å². The molecule has 0 bridgehead atoms. The number of methoxy groups -OCH3 is 1. The maximum absolute atomic E-state index is 11.3. The first kappa shape index (κ1) is 12.3. The number of nitrogens with one attached hydrogen (secondary N) is 1. The summed E-state index contributed by atoms with van der Waals surface area (Å²) in [7, 11) is 3.13. The van der Waals surface area contributed by atoms with Gasteiger partial charge in [0, 0.05) is 6.54 Å². The minimum absolute atomic E-state index is 0.0717. The van der Waals surface area contributed by atoms with E-state index in [1.165, 1.54) is 13.2 Å². The average molecular weight is 221 g/mol. The topological polar surface area (TPSA) is 58.6 Å². The first-order valence-electron chi connectivity index (χ1n) is 4.91. The number of benzene rings is 1. The van der Waals surface area contributed by atoms with Gasteiger partial charge in [0.25, 0.3) is 0 Å². The summed E-state index contributed by atoms with van der Waals surface area (Å²) in [5.41, 5.74) is 1.02. The lowest BCUT2D eigenvalue weighted by atomic mass is 10.1. The van der Waals surface area contributed by atoms with Gasteiger partial charge in [-0.05, 0) is 24.7 Å². The van der Waals surface area contributed by atoms with Crippen LogP contribution >= 0.6 is 0 Å². The molecule has 16 heavy (non-hydrogen) atoms. The monoisotopic (exact) mass is 221 g/mol. The van der Waals surface area contributed by atoms with Crippen molar-refractivity contribution in [1.82, 2.24) is 5.32 Å². The summed E-state index contributed by atoms with van der Waals surface area (Å²) < 4.78 is 4.56. The fourth-order valence-corrected chi connectivity index (χ4v) is 1.24. The molecule has 1 rings (SSSR count). The maximum Gasteiger partial charge on any atom is 0.341 e. The average Bonchev–Trinajstić information content (AvgIpc) is 2.30. The van der Waals surface area contributed by atoms with Crippen molar-refractivity contribution in [2.24, 2.45) is 0 Å². The first-order valence-corrected chi connectivity index (χ1v) is 4.91. The molecule has 0 aromatic heterocycles. The molecule has 0 unspecified atom stereocenters. The van der Waals surface area contributed by atoms with Crippen molar-refractivity contribution in [3.63, 3.8) is 0 Å². The number of rotatable bonds is 4. The number of esters is 1. The third kappa shape index (κ3) is 3.10. The summed E-state index contributed by atoms with van der Waals surface area (Å²) in [4.78, 5) is 11.3. The molecule has 1 aromatic carbocycles. The molecule has 0 amide bonds. The van der Waals surface area contributed by atoms with E-state index in [1.807, 2.05) is 19.2 Å². The Labute approximate surface area is 94.6 Å². The molecule has 0 aliphatic heterocycles. The summed E-state index contributed by atoms with van der Waals surface area (Å²) in [6.07, 6.45) is 3.79. The molecule has 0 saturated heterocycles. The lowest BCUT2D eigenvalue weighted by Gasteiger charge is -2.03. The molecule has 0 heterocycles. The van der Waals surface area contributed by atoms with Crippen LogP contribution in [-0.4, -0.2) is 31.8 Å². The van der Waals surface area contributed by atoms with E-state index in [-0.39, 0.29) is 11.3 Å². The van der Waals surface area contributed by atoms with Crippen LogP contribution in [0.5, 0.6) is 5.75 Å². The van der Waals surface area contributed by atoms with Crippen molar-refractivity contribution in [3.8, 4) is 5.75 Å². The van der Waals surface area contributed by atoms with Crippen LogP contribution in [0, 0.1) is 0 Å². The number of phenols is 1. The standard InChI is InChI=1S/C12H15NO3/c1-13-7-3-4-9-5-6-11(14)10(8-9)12(15)16-2/h3-6,8,13-14H,7H2,1-2H3. The number of hydrogen-bond acceptors (Lipinski definition) is 4. The Morgan fingerprint density at radius 3 is 2.94 bits per heavy atom. The number of hydrogen-bond donors (Lipinski definition) is 2. The Morgan fingerprint density at radius 1 is 1.56 bits per heavy atom. The molecule has 0 aliphatic carbocycles. The summed E-state index contributed by atoms with van der Waals surface area (Å²) in [6.45, 7) is 0.744. The number of carbonyl (C=O) groups excluding carboxylic acids is 1. The highest BCUT2D eigenvalue weighted by molar-refractivity contribution is 5.93. The second-order valence-corrected chi connectivity index (χ2v) is 3.23. The number of carbonyl (C=O) groups is 1. The molecule has 0 saturated carbocycles. The van der Waals surface area contributed by atoms with Gasteiger partial charge in [0.2, 0.25) is 0 Å². The van der Waals surface area contributed by atoms with Crippen LogP contribution in [0.1, 0.15) is 15.9 Å². The minimum Gasteiger partial charge on any atom is -0.507 e. The van der Waals surface area contributed by atoms with Crippen LogP contribution in [0.25, 0.3) is 6.08 Å². The largest absolute Gasteiger partial charge is 0.507 e. The van der Waals surface area contributed by atoms with Gasteiger partial charge in [0.05, 0.1) is 7.11 Å². The Bertz CT molecular complexity index is 399. The van der Waals surface area contributed by atoms with Crippen molar-refractivity contribution in [2.45, 2.75) is 0 Å². The first-order chi connectivity index (χ1) is 7.69. The van der Waals surface area contributed by atoms with Crippen LogP contribution < -0.4 is 5.32 Å². The van der Waals surface area contributed by atoms with Crippen molar-refractivity contribution in [1.29, 1.82) is 0 Å². The molecule has 0 atom stereocenters. The van der Waals surface area contributed by atoms with Gasteiger partial charge >= 0.3 is 5.97 Å². The summed E-state index contributed by atoms with van der Waals surface area (Å²) in [5, 5.41) is 12.4. The molecule has 0 fully saturated rings. The molecular weight excluding hydrogens is 206 g/mol. The van der Waals surface area contributed by atoms with Crippen molar-refractivity contribution in [3.05, 3.63) is 35.4 Å².